The summed E-state index contributed by atoms with van der Waals surface area (Å²) in [4.78, 5) is 22.4. The quantitative estimate of drug-likeness (QED) is 0.572. The van der Waals surface area contributed by atoms with Gasteiger partial charge in [-0.25, -0.2) is 4.98 Å². The summed E-state index contributed by atoms with van der Waals surface area (Å²) in [5.74, 6) is -0.0531. The van der Waals surface area contributed by atoms with E-state index in [2.05, 4.69) is 31.0 Å². The SMILES string of the molecule is NC(=O)c1c(NCl)nc(N[C@@H]2CCCC[C@@H]2[NH3+])n2ncnc12. The summed E-state index contributed by atoms with van der Waals surface area (Å²) in [5.41, 5.74) is 9.98. The first-order valence-corrected chi connectivity index (χ1v) is 7.49. The molecule has 0 aliphatic heterocycles. The van der Waals surface area contributed by atoms with Crippen LogP contribution < -0.4 is 21.6 Å². The summed E-state index contributed by atoms with van der Waals surface area (Å²) in [5, 5.41) is 7.45. The van der Waals surface area contributed by atoms with Crippen LogP contribution in [0.15, 0.2) is 6.33 Å². The molecule has 1 aliphatic rings. The van der Waals surface area contributed by atoms with Gasteiger partial charge in [-0.15, -0.1) is 0 Å². The molecule has 2 aromatic heterocycles. The fourth-order valence-electron chi connectivity index (χ4n) is 2.83. The Morgan fingerprint density at radius 3 is 2.91 bits per heavy atom. The number of rotatable bonds is 4. The predicted octanol–water partition coefficient (Wildman–Crippen LogP) is -0.246. The van der Waals surface area contributed by atoms with Gasteiger partial charge in [0.1, 0.15) is 17.9 Å². The summed E-state index contributed by atoms with van der Waals surface area (Å²) in [6.45, 7) is 0. The zero-order valence-electron chi connectivity index (χ0n) is 11.9. The highest BCUT2D eigenvalue weighted by atomic mass is 35.5. The third-order valence-electron chi connectivity index (χ3n) is 3.99. The first-order chi connectivity index (χ1) is 10.6. The second-order valence-corrected chi connectivity index (χ2v) is 5.60. The number of anilines is 2. The zero-order chi connectivity index (χ0) is 15.7. The van der Waals surface area contributed by atoms with Crippen LogP contribution in [0.4, 0.5) is 11.8 Å². The molecule has 0 saturated heterocycles. The number of fused-ring (bicyclic) bond motifs is 1. The van der Waals surface area contributed by atoms with Crippen LogP contribution in [-0.2, 0) is 0 Å². The molecule has 0 radical (unpaired) electrons. The van der Waals surface area contributed by atoms with Crippen LogP contribution >= 0.6 is 11.8 Å². The number of halogens is 1. The van der Waals surface area contributed by atoms with Crippen LogP contribution in [0.3, 0.4) is 0 Å². The van der Waals surface area contributed by atoms with E-state index in [1.807, 2.05) is 0 Å². The number of carbonyl (C=O) groups excluding carboxylic acids is 1. The third kappa shape index (κ3) is 2.53. The Kier molecular flexibility index (Phi) is 3.99. The van der Waals surface area contributed by atoms with Gasteiger partial charge in [-0.1, -0.05) is 6.42 Å². The molecule has 1 amide bonds. The van der Waals surface area contributed by atoms with E-state index < -0.39 is 5.91 Å². The number of nitrogens with one attached hydrogen (secondary N) is 2. The maximum Gasteiger partial charge on any atom is 0.256 e. The molecule has 0 bridgehead atoms. The number of nitrogens with zero attached hydrogens (tertiary/aromatic N) is 4. The van der Waals surface area contributed by atoms with Gasteiger partial charge in [0.2, 0.25) is 5.95 Å². The summed E-state index contributed by atoms with van der Waals surface area (Å²) >= 11 is 5.67. The van der Waals surface area contributed by atoms with Crippen molar-refractivity contribution in [2.75, 3.05) is 10.2 Å². The molecule has 10 heteroatoms. The monoisotopic (exact) mass is 325 g/mol. The van der Waals surface area contributed by atoms with Gasteiger partial charge in [0.25, 0.3) is 5.91 Å². The van der Waals surface area contributed by atoms with Crippen molar-refractivity contribution >= 4 is 35.1 Å². The average molecular weight is 326 g/mol. The van der Waals surface area contributed by atoms with Crippen molar-refractivity contribution in [3.63, 3.8) is 0 Å². The van der Waals surface area contributed by atoms with Crippen molar-refractivity contribution in [2.24, 2.45) is 5.73 Å². The second-order valence-electron chi connectivity index (χ2n) is 5.41. The lowest BCUT2D eigenvalue weighted by Crippen LogP contribution is -2.68. The number of amides is 1. The van der Waals surface area contributed by atoms with Crippen LogP contribution in [0.25, 0.3) is 5.65 Å². The topological polar surface area (TPSA) is 138 Å². The van der Waals surface area contributed by atoms with Crippen LogP contribution in [-0.4, -0.2) is 37.6 Å². The fraction of sp³-hybridized carbons (Fsp3) is 0.500. The van der Waals surface area contributed by atoms with E-state index >= 15 is 0 Å². The minimum atomic E-state index is -0.673. The van der Waals surface area contributed by atoms with E-state index in [9.17, 15) is 4.79 Å². The third-order valence-corrected chi connectivity index (χ3v) is 4.16. The summed E-state index contributed by atoms with van der Waals surface area (Å²) in [6.07, 6.45) is 5.75. The van der Waals surface area contributed by atoms with Gasteiger partial charge in [-0.2, -0.15) is 14.6 Å². The Balaban J connectivity index is 2.04. The smallest absolute Gasteiger partial charge is 0.256 e. The number of hydrogen-bond acceptors (Lipinski definition) is 6. The maximum absolute atomic E-state index is 11.6. The molecule has 0 aromatic carbocycles. The largest absolute Gasteiger partial charge is 0.365 e. The average Bonchev–Trinajstić information content (AvgIpc) is 2.98. The highest BCUT2D eigenvalue weighted by molar-refractivity contribution is 6.25. The molecule has 1 fully saturated rings. The first-order valence-electron chi connectivity index (χ1n) is 7.11. The molecule has 0 unspecified atom stereocenters. The molecule has 1 saturated carbocycles. The lowest BCUT2D eigenvalue weighted by Gasteiger charge is -2.27. The van der Waals surface area contributed by atoms with Crippen molar-refractivity contribution < 1.29 is 10.5 Å². The first kappa shape index (κ1) is 14.8. The van der Waals surface area contributed by atoms with Gasteiger partial charge < -0.3 is 16.8 Å². The molecule has 22 heavy (non-hydrogen) atoms. The lowest BCUT2D eigenvalue weighted by atomic mass is 9.91. The standard InChI is InChI=1S/C12H17ClN8O/c13-20-10-8(9(15)22)11-16-5-17-21(11)12(19-10)18-7-4-2-1-3-6(7)14/h5-7,20H,1-4,14H2,(H2,15,22)(H,18,19)/p+1/t6-,7+/m0/s1. The molecule has 1 aliphatic carbocycles. The normalized spacial score (nSPS) is 21.7. The van der Waals surface area contributed by atoms with Crippen LogP contribution in [0.5, 0.6) is 0 Å². The molecule has 2 heterocycles. The minimum Gasteiger partial charge on any atom is -0.365 e. The van der Waals surface area contributed by atoms with Gasteiger partial charge >= 0.3 is 0 Å². The van der Waals surface area contributed by atoms with E-state index in [0.717, 1.165) is 19.3 Å². The van der Waals surface area contributed by atoms with Crippen LogP contribution in [0.2, 0.25) is 0 Å². The fourth-order valence-corrected chi connectivity index (χ4v) is 2.97. The molecular formula is C12H18ClN8O+. The molecule has 118 valence electrons. The van der Waals surface area contributed by atoms with Crippen molar-refractivity contribution in [1.29, 1.82) is 0 Å². The second kappa shape index (κ2) is 5.93. The Morgan fingerprint density at radius 1 is 1.45 bits per heavy atom. The number of carbonyl (C=O) groups is 1. The highest BCUT2D eigenvalue weighted by Crippen LogP contribution is 2.24. The Bertz CT molecular complexity index is 702. The summed E-state index contributed by atoms with van der Waals surface area (Å²) < 4.78 is 1.46. The summed E-state index contributed by atoms with van der Waals surface area (Å²) in [7, 11) is 0. The van der Waals surface area contributed by atoms with Gasteiger partial charge in [-0.3, -0.25) is 9.63 Å². The number of quaternary nitrogens is 1. The van der Waals surface area contributed by atoms with Gasteiger partial charge in [-0.05, 0) is 12.8 Å². The Morgan fingerprint density at radius 2 is 2.23 bits per heavy atom. The van der Waals surface area contributed by atoms with E-state index in [1.54, 1.807) is 0 Å². The molecular weight excluding hydrogens is 308 g/mol. The zero-order valence-corrected chi connectivity index (χ0v) is 12.7. The minimum absolute atomic E-state index is 0.105. The molecule has 3 rings (SSSR count). The summed E-state index contributed by atoms with van der Waals surface area (Å²) in [6, 6.07) is 0.480. The van der Waals surface area contributed by atoms with Crippen molar-refractivity contribution in [2.45, 2.75) is 37.8 Å². The van der Waals surface area contributed by atoms with E-state index in [1.165, 1.54) is 17.3 Å². The van der Waals surface area contributed by atoms with Crippen molar-refractivity contribution in [3.8, 4) is 0 Å². The van der Waals surface area contributed by atoms with Gasteiger partial charge in [0, 0.05) is 18.2 Å². The molecule has 7 N–H and O–H groups in total. The molecule has 2 atom stereocenters. The van der Waals surface area contributed by atoms with Crippen LogP contribution in [0.1, 0.15) is 36.0 Å². The molecule has 0 spiro atoms. The van der Waals surface area contributed by atoms with Crippen LogP contribution in [0, 0.1) is 0 Å². The van der Waals surface area contributed by atoms with E-state index in [-0.39, 0.29) is 23.5 Å². The van der Waals surface area contributed by atoms with Crippen molar-refractivity contribution in [1.82, 2.24) is 19.6 Å². The Hall–Kier alpha value is -2.13. The molecule has 2 aromatic rings. The number of hydrogen-bond donors (Lipinski definition) is 4. The number of aromatic nitrogens is 4. The maximum atomic E-state index is 11.6. The lowest BCUT2D eigenvalue weighted by molar-refractivity contribution is -0.427. The molecule has 9 nitrogen and oxygen atoms in total. The van der Waals surface area contributed by atoms with E-state index in [0.29, 0.717) is 11.6 Å². The van der Waals surface area contributed by atoms with Gasteiger partial charge in [0.15, 0.2) is 11.5 Å². The number of primary amides is 1. The highest BCUT2D eigenvalue weighted by Gasteiger charge is 2.27. The Labute approximate surface area is 131 Å². The number of nitrogens with two attached hydrogens (primary N) is 1. The van der Waals surface area contributed by atoms with Crippen molar-refractivity contribution in [3.05, 3.63) is 11.9 Å². The van der Waals surface area contributed by atoms with Gasteiger partial charge in [0.05, 0.1) is 6.04 Å². The predicted molar refractivity (Wildman–Crippen MR) is 81.3 cm³/mol. The van der Waals surface area contributed by atoms with E-state index in [4.69, 9.17) is 17.5 Å².